The van der Waals surface area contributed by atoms with Crippen LogP contribution in [0.3, 0.4) is 0 Å². The van der Waals surface area contributed by atoms with Crippen LogP contribution in [0.1, 0.15) is 18.9 Å². The van der Waals surface area contributed by atoms with Crippen LogP contribution in [-0.2, 0) is 23.9 Å². The molecule has 0 aromatic carbocycles. The molecule has 0 saturated heterocycles. The highest BCUT2D eigenvalue weighted by molar-refractivity contribution is 7.11. The Balaban J connectivity index is 2.39. The van der Waals surface area contributed by atoms with Crippen molar-refractivity contribution in [2.24, 2.45) is 4.99 Å². The first-order chi connectivity index (χ1) is 13.0. The van der Waals surface area contributed by atoms with Crippen LogP contribution in [0.2, 0.25) is 0 Å². The first-order valence-corrected chi connectivity index (χ1v) is 9.30. The zero-order valence-electron chi connectivity index (χ0n) is 15.5. The summed E-state index contributed by atoms with van der Waals surface area (Å²) in [5.74, 6) is -0.413. The highest BCUT2D eigenvalue weighted by Gasteiger charge is 2.30. The van der Waals surface area contributed by atoms with Gasteiger partial charge in [0.05, 0.1) is 38.1 Å². The molecule has 0 spiro atoms. The molecule has 1 aromatic heterocycles. The Morgan fingerprint density at radius 2 is 2.19 bits per heavy atom. The molecule has 0 radical (unpaired) electrons. The van der Waals surface area contributed by atoms with E-state index in [1.807, 2.05) is 17.2 Å². The Morgan fingerprint density at radius 3 is 2.74 bits per heavy atom. The molecule has 27 heavy (non-hydrogen) atoms. The molecule has 0 unspecified atom stereocenters. The van der Waals surface area contributed by atoms with E-state index in [1.54, 1.807) is 13.1 Å². The van der Waals surface area contributed by atoms with Crippen LogP contribution in [0.15, 0.2) is 27.8 Å². The molecule has 2 heterocycles. The minimum atomic E-state index is -0.548. The Bertz CT molecular complexity index is 745. The van der Waals surface area contributed by atoms with Crippen LogP contribution in [-0.4, -0.2) is 78.9 Å². The molecule has 10 heteroatoms. The molecule has 1 aliphatic heterocycles. The zero-order chi connectivity index (χ0) is 19.8. The van der Waals surface area contributed by atoms with Crippen molar-refractivity contribution >= 4 is 35.5 Å². The lowest BCUT2D eigenvalue weighted by atomic mass is 10.1. The van der Waals surface area contributed by atoms with Gasteiger partial charge in [0, 0.05) is 18.1 Å². The molecular weight excluding hydrogens is 372 g/mol. The van der Waals surface area contributed by atoms with Crippen molar-refractivity contribution in [2.75, 3.05) is 39.9 Å². The van der Waals surface area contributed by atoms with Crippen molar-refractivity contribution in [1.29, 1.82) is 0 Å². The number of hydrogen-bond donors (Lipinski definition) is 0. The number of amidine groups is 1. The van der Waals surface area contributed by atoms with Crippen LogP contribution in [0.25, 0.3) is 0 Å². The summed E-state index contributed by atoms with van der Waals surface area (Å²) in [5, 5.41) is 2.55. The number of amides is 1. The van der Waals surface area contributed by atoms with Gasteiger partial charge in [-0.3, -0.25) is 14.6 Å². The molecule has 9 nitrogen and oxygen atoms in total. The number of methoxy groups -OCH3 is 1. The Labute approximate surface area is 161 Å². The monoisotopic (exact) mass is 394 g/mol. The zero-order valence-corrected chi connectivity index (χ0v) is 16.3. The largest absolute Gasteiger partial charge is 0.468 e. The minimum Gasteiger partial charge on any atom is -0.468 e. The summed E-state index contributed by atoms with van der Waals surface area (Å²) in [6.45, 7) is 4.29. The normalized spacial score (nSPS) is 13.9. The number of carbonyl (C=O) groups is 3. The lowest BCUT2D eigenvalue weighted by Crippen LogP contribution is -2.43. The van der Waals surface area contributed by atoms with Gasteiger partial charge in [-0.05, 0) is 13.8 Å². The third-order valence-electron chi connectivity index (χ3n) is 3.84. The molecule has 0 atom stereocenters. The van der Waals surface area contributed by atoms with E-state index < -0.39 is 11.9 Å². The molecule has 1 amide bonds. The van der Waals surface area contributed by atoms with Crippen LogP contribution in [0.5, 0.6) is 0 Å². The van der Waals surface area contributed by atoms with Gasteiger partial charge in [-0.2, -0.15) is 0 Å². The minimum absolute atomic E-state index is 0.0466. The molecule has 1 aromatic rings. The maximum Gasteiger partial charge on any atom is 0.337 e. The van der Waals surface area contributed by atoms with E-state index in [0.717, 1.165) is 0 Å². The number of aromatic nitrogens is 1. The summed E-state index contributed by atoms with van der Waals surface area (Å²) in [7, 11) is 1.25. The van der Waals surface area contributed by atoms with Gasteiger partial charge in [0.1, 0.15) is 6.54 Å². The third kappa shape index (κ3) is 4.91. The molecular formula is C17H22N4O5S. The summed E-state index contributed by atoms with van der Waals surface area (Å²) in [5.41, 5.74) is 0.919. The summed E-state index contributed by atoms with van der Waals surface area (Å²) < 4.78 is 9.77. The van der Waals surface area contributed by atoms with E-state index in [9.17, 15) is 14.4 Å². The molecule has 0 saturated carbocycles. The van der Waals surface area contributed by atoms with Gasteiger partial charge in [0.25, 0.3) is 0 Å². The Morgan fingerprint density at radius 1 is 1.41 bits per heavy atom. The van der Waals surface area contributed by atoms with E-state index in [4.69, 9.17) is 4.74 Å². The van der Waals surface area contributed by atoms with Crippen LogP contribution >= 0.6 is 11.3 Å². The summed E-state index contributed by atoms with van der Waals surface area (Å²) in [6, 6.07) is 0. The van der Waals surface area contributed by atoms with Gasteiger partial charge in [0.15, 0.2) is 10.8 Å². The van der Waals surface area contributed by atoms with Gasteiger partial charge >= 0.3 is 11.9 Å². The number of aliphatic imine (C=N–C) groups is 1. The Kier molecular flexibility index (Phi) is 7.47. The van der Waals surface area contributed by atoms with Crippen molar-refractivity contribution in [1.82, 2.24) is 14.8 Å². The highest BCUT2D eigenvalue weighted by Crippen LogP contribution is 2.23. The van der Waals surface area contributed by atoms with Crippen LogP contribution in [0.4, 0.5) is 0 Å². The fraction of sp³-hybridized carbons (Fsp3) is 0.471. The van der Waals surface area contributed by atoms with E-state index in [0.29, 0.717) is 35.1 Å². The lowest BCUT2D eigenvalue weighted by Gasteiger charge is -2.33. The fourth-order valence-electron chi connectivity index (χ4n) is 2.61. The second-order valence-electron chi connectivity index (χ2n) is 5.45. The Hall–Kier alpha value is -2.75. The average Bonchev–Trinajstić information content (AvgIpc) is 3.21. The molecule has 2 rings (SSSR count). The number of hydrogen-bond acceptors (Lipinski definition) is 9. The number of rotatable bonds is 9. The highest BCUT2D eigenvalue weighted by atomic mass is 32.1. The van der Waals surface area contributed by atoms with Crippen molar-refractivity contribution in [3.63, 3.8) is 0 Å². The summed E-state index contributed by atoms with van der Waals surface area (Å²) in [4.78, 5) is 47.3. The second kappa shape index (κ2) is 9.81. The number of carbonyl (C=O) groups excluding carboxylic acids is 3. The number of ether oxygens (including phenoxy) is 2. The van der Waals surface area contributed by atoms with Crippen molar-refractivity contribution < 1.29 is 23.9 Å². The lowest BCUT2D eigenvalue weighted by molar-refractivity contribution is -0.143. The summed E-state index contributed by atoms with van der Waals surface area (Å²) >= 11 is 1.43. The molecule has 0 aliphatic carbocycles. The van der Waals surface area contributed by atoms with Crippen LogP contribution < -0.4 is 0 Å². The number of thiazole rings is 1. The number of nitrogens with zero attached hydrogens (tertiary/aromatic N) is 4. The predicted molar refractivity (Wildman–Crippen MR) is 99.2 cm³/mol. The van der Waals surface area contributed by atoms with Crippen molar-refractivity contribution in [3.8, 4) is 0 Å². The van der Waals surface area contributed by atoms with Gasteiger partial charge in [0.2, 0.25) is 6.41 Å². The van der Waals surface area contributed by atoms with E-state index in [-0.39, 0.29) is 26.2 Å². The van der Waals surface area contributed by atoms with Gasteiger partial charge in [-0.15, -0.1) is 11.3 Å². The predicted octanol–water partition coefficient (Wildman–Crippen LogP) is 0.674. The van der Waals surface area contributed by atoms with Crippen molar-refractivity contribution in [3.05, 3.63) is 27.9 Å². The molecule has 1 aliphatic rings. The number of likely N-dealkylation sites (N-methyl/N-ethyl adjacent to an activating group) is 1. The van der Waals surface area contributed by atoms with Gasteiger partial charge in [-0.1, -0.05) is 0 Å². The first kappa shape index (κ1) is 20.6. The molecule has 0 fully saturated rings. The van der Waals surface area contributed by atoms with E-state index >= 15 is 0 Å². The van der Waals surface area contributed by atoms with Gasteiger partial charge in [-0.25, -0.2) is 9.78 Å². The fourth-order valence-corrected chi connectivity index (χ4v) is 3.27. The first-order valence-electron chi connectivity index (χ1n) is 8.42. The molecule has 146 valence electrons. The smallest absolute Gasteiger partial charge is 0.337 e. The average molecular weight is 394 g/mol. The quantitative estimate of drug-likeness (QED) is 0.448. The maximum atomic E-state index is 12.4. The molecule has 0 bridgehead atoms. The maximum absolute atomic E-state index is 12.4. The van der Waals surface area contributed by atoms with E-state index in [2.05, 4.69) is 14.7 Å². The second-order valence-corrected chi connectivity index (χ2v) is 6.35. The number of esters is 2. The SMILES string of the molecule is CCOC(=O)C1=C(CN(C=O)CC(=O)OC)N(CC)C(c2nccs2)=NC1. The standard InChI is InChI=1S/C17H22N4O5S/c1-4-21-13(9-20(11-22)10-14(23)25-3)12(17(24)26-5-2)8-19-15(21)16-18-6-7-27-16/h6-7,11H,4-5,8-10H2,1-3H3. The van der Waals surface area contributed by atoms with Crippen LogP contribution in [0, 0.1) is 0 Å². The topological polar surface area (TPSA) is 101 Å². The third-order valence-corrected chi connectivity index (χ3v) is 4.61. The molecule has 0 N–H and O–H groups in total. The van der Waals surface area contributed by atoms with Crippen molar-refractivity contribution in [2.45, 2.75) is 13.8 Å². The summed E-state index contributed by atoms with van der Waals surface area (Å²) in [6.07, 6.45) is 2.23. The van der Waals surface area contributed by atoms with Gasteiger partial charge < -0.3 is 19.3 Å². The van der Waals surface area contributed by atoms with E-state index in [1.165, 1.54) is 23.3 Å².